The lowest BCUT2D eigenvalue weighted by Gasteiger charge is -2.15. The van der Waals surface area contributed by atoms with Gasteiger partial charge in [0.05, 0.1) is 19.9 Å². The highest BCUT2D eigenvalue weighted by atomic mass is 16.5. The first-order valence-corrected chi connectivity index (χ1v) is 10.9. The number of nitrogens with zero attached hydrogens (tertiary/aromatic N) is 3. The van der Waals surface area contributed by atoms with Gasteiger partial charge >= 0.3 is 0 Å². The molecule has 1 N–H and O–H groups in total. The van der Waals surface area contributed by atoms with Gasteiger partial charge in [-0.15, -0.1) is 0 Å². The van der Waals surface area contributed by atoms with E-state index in [9.17, 15) is 0 Å². The van der Waals surface area contributed by atoms with Crippen LogP contribution >= 0.6 is 0 Å². The highest BCUT2D eigenvalue weighted by Crippen LogP contribution is 2.33. The molecule has 0 aliphatic heterocycles. The van der Waals surface area contributed by atoms with Crippen molar-refractivity contribution in [2.45, 2.75) is 33.6 Å². The van der Waals surface area contributed by atoms with Gasteiger partial charge in [-0.25, -0.2) is 4.98 Å². The number of hydrogen-bond donors (Lipinski definition) is 1. The van der Waals surface area contributed by atoms with Crippen molar-refractivity contribution in [1.29, 1.82) is 0 Å². The Morgan fingerprint density at radius 2 is 1.78 bits per heavy atom. The number of rotatable bonds is 8. The smallest absolute Gasteiger partial charge is 0.161 e. The Morgan fingerprint density at radius 1 is 0.969 bits per heavy atom. The summed E-state index contributed by atoms with van der Waals surface area (Å²) in [5, 5.41) is 8.54. The molecule has 0 saturated carbocycles. The summed E-state index contributed by atoms with van der Waals surface area (Å²) in [6, 6.07) is 16.5. The average Bonchev–Trinajstić information content (AvgIpc) is 3.22. The van der Waals surface area contributed by atoms with Crippen LogP contribution in [0, 0.1) is 13.8 Å². The minimum absolute atomic E-state index is 0.678. The number of hydrogen-bond acceptors (Lipinski definition) is 5. The highest BCUT2D eigenvalue weighted by molar-refractivity contribution is 5.69. The van der Waals surface area contributed by atoms with E-state index in [0.717, 1.165) is 47.8 Å². The second-order valence-electron chi connectivity index (χ2n) is 7.91. The number of methoxy groups -OCH3 is 2. The maximum atomic E-state index is 5.47. The average molecular weight is 431 g/mol. The molecule has 2 aromatic heterocycles. The maximum Gasteiger partial charge on any atom is 0.161 e. The minimum atomic E-state index is 0.678. The van der Waals surface area contributed by atoms with Crippen molar-refractivity contribution in [3.63, 3.8) is 0 Å². The van der Waals surface area contributed by atoms with E-state index >= 15 is 0 Å². The number of ether oxygens (including phenoxy) is 2. The number of aryl methyl sites for hydroxylation is 2. The van der Waals surface area contributed by atoms with Gasteiger partial charge in [0.1, 0.15) is 5.82 Å². The summed E-state index contributed by atoms with van der Waals surface area (Å²) < 4.78 is 12.8. The van der Waals surface area contributed by atoms with E-state index < -0.39 is 0 Å². The van der Waals surface area contributed by atoms with Crippen molar-refractivity contribution in [1.82, 2.24) is 14.6 Å². The summed E-state index contributed by atoms with van der Waals surface area (Å²) in [6.07, 6.45) is 1.82. The Morgan fingerprint density at radius 3 is 2.50 bits per heavy atom. The van der Waals surface area contributed by atoms with E-state index in [4.69, 9.17) is 19.6 Å². The Hall–Kier alpha value is -3.54. The number of aromatic nitrogens is 3. The summed E-state index contributed by atoms with van der Waals surface area (Å²) in [4.78, 5) is 4.81. The lowest BCUT2D eigenvalue weighted by atomic mass is 10.1. The van der Waals surface area contributed by atoms with E-state index in [2.05, 4.69) is 50.4 Å². The molecule has 0 unspecified atom stereocenters. The largest absolute Gasteiger partial charge is 0.493 e. The molecule has 0 saturated heterocycles. The van der Waals surface area contributed by atoms with E-state index in [0.29, 0.717) is 11.5 Å². The highest BCUT2D eigenvalue weighted by Gasteiger charge is 2.16. The number of nitrogens with one attached hydrogen (secondary N) is 1. The molecule has 4 aromatic rings. The third kappa shape index (κ3) is 4.26. The van der Waals surface area contributed by atoms with Gasteiger partial charge in [-0.1, -0.05) is 36.8 Å². The van der Waals surface area contributed by atoms with Crippen molar-refractivity contribution in [2.24, 2.45) is 0 Å². The van der Waals surface area contributed by atoms with Crippen molar-refractivity contribution in [3.05, 3.63) is 70.9 Å². The zero-order valence-corrected chi connectivity index (χ0v) is 19.4. The van der Waals surface area contributed by atoms with Crippen molar-refractivity contribution >= 4 is 11.5 Å². The van der Waals surface area contributed by atoms with E-state index in [1.54, 1.807) is 14.2 Å². The lowest BCUT2D eigenvalue weighted by molar-refractivity contribution is 0.355. The first kappa shape index (κ1) is 21.7. The summed E-state index contributed by atoms with van der Waals surface area (Å²) in [7, 11) is 3.27. The first-order chi connectivity index (χ1) is 15.5. The molecule has 0 aliphatic rings. The van der Waals surface area contributed by atoms with E-state index in [1.165, 1.54) is 16.7 Å². The number of fused-ring (bicyclic) bond motifs is 1. The van der Waals surface area contributed by atoms with Gasteiger partial charge in [-0.2, -0.15) is 9.61 Å². The van der Waals surface area contributed by atoms with Gasteiger partial charge in [0.15, 0.2) is 17.1 Å². The molecule has 6 heteroatoms. The molecule has 6 nitrogen and oxygen atoms in total. The van der Waals surface area contributed by atoms with Crippen LogP contribution in [0.2, 0.25) is 0 Å². The molecule has 0 spiro atoms. The standard InChI is InChI=1S/C26H30N4O2/c1-6-21-18(3)28-25-16-22(20-10-11-23(31-4)24(15-20)32-5)29-30(25)26(21)27-13-12-19-9-7-8-17(2)14-19/h7-11,14-16,27H,6,12-13H2,1-5H3. The van der Waals surface area contributed by atoms with Gasteiger partial charge < -0.3 is 14.8 Å². The third-order valence-corrected chi connectivity index (χ3v) is 5.73. The van der Waals surface area contributed by atoms with Crippen LogP contribution in [-0.2, 0) is 12.8 Å². The Kier molecular flexibility index (Phi) is 6.30. The predicted molar refractivity (Wildman–Crippen MR) is 129 cm³/mol. The molecule has 2 aromatic carbocycles. The van der Waals surface area contributed by atoms with Gasteiger partial charge in [0.2, 0.25) is 0 Å². The summed E-state index contributed by atoms with van der Waals surface area (Å²) >= 11 is 0. The molecule has 2 heterocycles. The van der Waals surface area contributed by atoms with Crippen LogP contribution in [-0.4, -0.2) is 35.4 Å². The van der Waals surface area contributed by atoms with Crippen molar-refractivity contribution in [2.75, 3.05) is 26.1 Å². The topological polar surface area (TPSA) is 60.7 Å². The van der Waals surface area contributed by atoms with Crippen LogP contribution in [0.3, 0.4) is 0 Å². The second kappa shape index (κ2) is 9.30. The van der Waals surface area contributed by atoms with Crippen LogP contribution in [0.4, 0.5) is 5.82 Å². The summed E-state index contributed by atoms with van der Waals surface area (Å²) in [5.74, 6) is 2.38. The quantitative estimate of drug-likeness (QED) is 0.414. The second-order valence-corrected chi connectivity index (χ2v) is 7.91. The molecule has 0 radical (unpaired) electrons. The normalized spacial score (nSPS) is 11.0. The molecule has 0 atom stereocenters. The Bertz CT molecular complexity index is 1250. The third-order valence-electron chi connectivity index (χ3n) is 5.73. The van der Waals surface area contributed by atoms with Crippen molar-refractivity contribution in [3.8, 4) is 22.8 Å². The fraction of sp³-hybridized carbons (Fsp3) is 0.308. The van der Waals surface area contributed by atoms with Gasteiger partial charge in [-0.3, -0.25) is 0 Å². The number of benzene rings is 2. The zero-order valence-electron chi connectivity index (χ0n) is 19.4. The molecular formula is C26H30N4O2. The molecule has 0 bridgehead atoms. The predicted octanol–water partition coefficient (Wildman–Crippen LogP) is 5.25. The van der Waals surface area contributed by atoms with Crippen LogP contribution in [0.1, 0.15) is 29.3 Å². The molecule has 0 amide bonds. The van der Waals surface area contributed by atoms with E-state index in [-0.39, 0.29) is 0 Å². The van der Waals surface area contributed by atoms with Gasteiger partial charge in [0, 0.05) is 29.4 Å². The van der Waals surface area contributed by atoms with Crippen molar-refractivity contribution < 1.29 is 9.47 Å². The SMILES string of the molecule is CCc1c(C)nc2cc(-c3ccc(OC)c(OC)c3)nn2c1NCCc1cccc(C)c1. The zero-order chi connectivity index (χ0) is 22.7. The molecule has 166 valence electrons. The summed E-state index contributed by atoms with van der Waals surface area (Å²) in [5.41, 5.74) is 7.43. The summed E-state index contributed by atoms with van der Waals surface area (Å²) in [6.45, 7) is 7.16. The van der Waals surface area contributed by atoms with E-state index in [1.807, 2.05) is 28.8 Å². The molecule has 4 rings (SSSR count). The fourth-order valence-corrected chi connectivity index (χ4v) is 4.09. The molecule has 0 fully saturated rings. The fourth-order valence-electron chi connectivity index (χ4n) is 4.09. The molecule has 0 aliphatic carbocycles. The van der Waals surface area contributed by atoms with Gasteiger partial charge in [-0.05, 0) is 50.5 Å². The lowest BCUT2D eigenvalue weighted by Crippen LogP contribution is -2.13. The van der Waals surface area contributed by atoms with Crippen LogP contribution < -0.4 is 14.8 Å². The number of anilines is 1. The van der Waals surface area contributed by atoms with Crippen LogP contribution in [0.25, 0.3) is 16.9 Å². The van der Waals surface area contributed by atoms with Gasteiger partial charge in [0.25, 0.3) is 0 Å². The monoisotopic (exact) mass is 430 g/mol. The van der Waals surface area contributed by atoms with Crippen LogP contribution in [0.15, 0.2) is 48.5 Å². The minimum Gasteiger partial charge on any atom is -0.493 e. The maximum absolute atomic E-state index is 5.47. The molecular weight excluding hydrogens is 400 g/mol. The Balaban J connectivity index is 1.69. The van der Waals surface area contributed by atoms with Crippen LogP contribution in [0.5, 0.6) is 11.5 Å². The Labute approximate surface area is 189 Å². The molecule has 32 heavy (non-hydrogen) atoms. The first-order valence-electron chi connectivity index (χ1n) is 10.9.